The Bertz CT molecular complexity index is 824. The maximum Gasteiger partial charge on any atom is 0.0816 e. The maximum atomic E-state index is 10.7. The lowest BCUT2D eigenvalue weighted by atomic mass is 10.1. The van der Waals surface area contributed by atoms with Gasteiger partial charge in [-0.25, -0.2) is 0 Å². The summed E-state index contributed by atoms with van der Waals surface area (Å²) in [4.78, 5) is 5.01. The predicted octanol–water partition coefficient (Wildman–Crippen LogP) is 4.14. The lowest BCUT2D eigenvalue weighted by Crippen LogP contribution is -2.46. The van der Waals surface area contributed by atoms with Crippen LogP contribution >= 0.6 is 11.3 Å². The molecule has 4 rings (SSSR count). The van der Waals surface area contributed by atoms with Crippen LogP contribution in [-0.4, -0.2) is 47.6 Å². The van der Waals surface area contributed by atoms with Gasteiger partial charge in [-0.1, -0.05) is 48.5 Å². The Balaban J connectivity index is 1.26. The van der Waals surface area contributed by atoms with Gasteiger partial charge in [-0.3, -0.25) is 4.90 Å². The van der Waals surface area contributed by atoms with Crippen molar-refractivity contribution in [1.29, 1.82) is 0 Å². The smallest absolute Gasteiger partial charge is 0.0816 e. The highest BCUT2D eigenvalue weighted by molar-refractivity contribution is 7.17. The third-order valence-electron chi connectivity index (χ3n) is 5.30. The molecule has 0 radical (unpaired) electrons. The van der Waals surface area contributed by atoms with Crippen LogP contribution in [0.15, 0.2) is 60.0 Å². The van der Waals surface area contributed by atoms with E-state index in [1.807, 2.05) is 0 Å². The zero-order valence-electron chi connectivity index (χ0n) is 15.1. The van der Waals surface area contributed by atoms with E-state index in [0.717, 1.165) is 51.3 Å². The van der Waals surface area contributed by atoms with E-state index in [1.165, 1.54) is 15.6 Å². The van der Waals surface area contributed by atoms with Crippen LogP contribution in [0.25, 0.3) is 10.1 Å². The van der Waals surface area contributed by atoms with Crippen LogP contribution in [0.2, 0.25) is 0 Å². The van der Waals surface area contributed by atoms with Crippen LogP contribution in [0.1, 0.15) is 23.7 Å². The molecule has 1 saturated heterocycles. The molecular formula is C22H26N2OS. The first-order valence-electron chi connectivity index (χ1n) is 9.42. The quantitative estimate of drug-likeness (QED) is 0.710. The van der Waals surface area contributed by atoms with Gasteiger partial charge in [-0.2, -0.15) is 0 Å². The second-order valence-corrected chi connectivity index (χ2v) is 8.01. The summed E-state index contributed by atoms with van der Waals surface area (Å²) in [7, 11) is 0. The molecule has 1 aliphatic rings. The van der Waals surface area contributed by atoms with Crippen LogP contribution in [0.5, 0.6) is 0 Å². The molecule has 0 bridgehead atoms. The number of aliphatic hydroxyl groups excluding tert-OH is 1. The molecule has 2 aromatic carbocycles. The molecule has 0 amide bonds. The van der Waals surface area contributed by atoms with Gasteiger partial charge in [-0.05, 0) is 34.4 Å². The fourth-order valence-electron chi connectivity index (χ4n) is 3.73. The van der Waals surface area contributed by atoms with Gasteiger partial charge in [0.25, 0.3) is 0 Å². The first kappa shape index (κ1) is 17.7. The van der Waals surface area contributed by atoms with E-state index in [1.54, 1.807) is 11.3 Å². The minimum Gasteiger partial charge on any atom is -0.388 e. The van der Waals surface area contributed by atoms with E-state index < -0.39 is 0 Å². The van der Waals surface area contributed by atoms with Crippen molar-refractivity contribution in [2.45, 2.75) is 19.1 Å². The topological polar surface area (TPSA) is 26.7 Å². The fraction of sp³-hybridized carbons (Fsp3) is 0.364. The number of rotatable bonds is 6. The first-order valence-corrected chi connectivity index (χ1v) is 10.3. The molecular weight excluding hydrogens is 340 g/mol. The summed E-state index contributed by atoms with van der Waals surface area (Å²) in [6.07, 6.45) is 0.438. The van der Waals surface area contributed by atoms with E-state index in [4.69, 9.17) is 0 Å². The maximum absolute atomic E-state index is 10.7. The summed E-state index contributed by atoms with van der Waals surface area (Å²) >= 11 is 1.72. The van der Waals surface area contributed by atoms with Gasteiger partial charge in [0, 0.05) is 44.0 Å². The second-order valence-electron chi connectivity index (χ2n) is 7.10. The molecule has 0 aliphatic carbocycles. The zero-order chi connectivity index (χ0) is 17.8. The summed E-state index contributed by atoms with van der Waals surface area (Å²) in [6, 6.07) is 19.1. The van der Waals surface area contributed by atoms with Gasteiger partial charge in [-0.15, -0.1) is 11.3 Å². The van der Waals surface area contributed by atoms with E-state index >= 15 is 0 Å². The Morgan fingerprint density at radius 2 is 1.58 bits per heavy atom. The number of nitrogens with zero attached hydrogens (tertiary/aromatic N) is 2. The monoisotopic (exact) mass is 366 g/mol. The molecule has 3 nitrogen and oxygen atoms in total. The molecule has 1 N–H and O–H groups in total. The van der Waals surface area contributed by atoms with Crippen molar-refractivity contribution in [3.05, 3.63) is 71.1 Å². The molecule has 0 saturated carbocycles. The summed E-state index contributed by atoms with van der Waals surface area (Å²) in [5.41, 5.74) is 2.48. The molecule has 1 aromatic heterocycles. The lowest BCUT2D eigenvalue weighted by Gasteiger charge is -2.35. The van der Waals surface area contributed by atoms with E-state index in [2.05, 4.69) is 69.8 Å². The van der Waals surface area contributed by atoms with Gasteiger partial charge >= 0.3 is 0 Å². The van der Waals surface area contributed by atoms with Crippen molar-refractivity contribution in [3.8, 4) is 0 Å². The minimum atomic E-state index is -0.367. The van der Waals surface area contributed by atoms with Gasteiger partial charge in [0.15, 0.2) is 0 Å². The SMILES string of the molecule is OC(CCN1CCN(Cc2ccccc2)CC1)c1csc2ccccc12. The molecule has 2 heterocycles. The zero-order valence-corrected chi connectivity index (χ0v) is 15.9. The fourth-order valence-corrected chi connectivity index (χ4v) is 4.74. The van der Waals surface area contributed by atoms with Gasteiger partial charge in [0.1, 0.15) is 0 Å². The minimum absolute atomic E-state index is 0.367. The number of piperazine rings is 1. The van der Waals surface area contributed by atoms with Gasteiger partial charge < -0.3 is 10.0 Å². The van der Waals surface area contributed by atoms with Gasteiger partial charge in [0.2, 0.25) is 0 Å². The van der Waals surface area contributed by atoms with Crippen molar-refractivity contribution < 1.29 is 5.11 Å². The third-order valence-corrected chi connectivity index (χ3v) is 6.28. The summed E-state index contributed by atoms with van der Waals surface area (Å²) in [5, 5.41) is 14.0. The molecule has 1 fully saturated rings. The molecule has 3 aromatic rings. The van der Waals surface area contributed by atoms with Crippen molar-refractivity contribution in [2.75, 3.05) is 32.7 Å². The van der Waals surface area contributed by atoms with E-state index in [9.17, 15) is 5.11 Å². The van der Waals surface area contributed by atoms with Crippen LogP contribution in [0.3, 0.4) is 0 Å². The Hall–Kier alpha value is -1.72. The number of thiophene rings is 1. The van der Waals surface area contributed by atoms with Crippen molar-refractivity contribution in [1.82, 2.24) is 9.80 Å². The van der Waals surface area contributed by atoms with Crippen LogP contribution in [0.4, 0.5) is 0 Å². The van der Waals surface area contributed by atoms with Crippen LogP contribution in [-0.2, 0) is 6.54 Å². The van der Waals surface area contributed by atoms with Crippen LogP contribution in [0, 0.1) is 0 Å². The van der Waals surface area contributed by atoms with Gasteiger partial charge in [0.05, 0.1) is 6.10 Å². The summed E-state index contributed by atoms with van der Waals surface area (Å²) in [6.45, 7) is 6.38. The highest BCUT2D eigenvalue weighted by Gasteiger charge is 2.19. The molecule has 4 heteroatoms. The lowest BCUT2D eigenvalue weighted by molar-refractivity contribution is 0.0999. The molecule has 136 valence electrons. The number of benzene rings is 2. The predicted molar refractivity (Wildman–Crippen MR) is 110 cm³/mol. The molecule has 1 aliphatic heterocycles. The first-order chi connectivity index (χ1) is 12.8. The molecule has 1 unspecified atom stereocenters. The summed E-state index contributed by atoms with van der Waals surface area (Å²) in [5.74, 6) is 0. The largest absolute Gasteiger partial charge is 0.388 e. The molecule has 0 spiro atoms. The van der Waals surface area contributed by atoms with Crippen molar-refractivity contribution >= 4 is 21.4 Å². The van der Waals surface area contributed by atoms with E-state index in [0.29, 0.717) is 0 Å². The van der Waals surface area contributed by atoms with Crippen molar-refractivity contribution in [2.24, 2.45) is 0 Å². The number of fused-ring (bicyclic) bond motifs is 1. The highest BCUT2D eigenvalue weighted by atomic mass is 32.1. The summed E-state index contributed by atoms with van der Waals surface area (Å²) < 4.78 is 1.26. The van der Waals surface area contributed by atoms with E-state index in [-0.39, 0.29) is 6.10 Å². The van der Waals surface area contributed by atoms with Crippen LogP contribution < -0.4 is 0 Å². The number of hydrogen-bond donors (Lipinski definition) is 1. The third kappa shape index (κ3) is 4.15. The average molecular weight is 367 g/mol. The van der Waals surface area contributed by atoms with Crippen molar-refractivity contribution in [3.63, 3.8) is 0 Å². The molecule has 1 atom stereocenters. The number of hydrogen-bond acceptors (Lipinski definition) is 4. The Morgan fingerprint density at radius 3 is 2.38 bits per heavy atom. The second kappa shape index (κ2) is 8.31. The number of aliphatic hydroxyl groups is 1. The normalized spacial score (nSPS) is 17.6. The molecule has 26 heavy (non-hydrogen) atoms. The Labute approximate surface area is 159 Å². The Kier molecular flexibility index (Phi) is 5.65. The standard InChI is InChI=1S/C22H26N2OS/c25-21(20-17-26-22-9-5-4-8-19(20)22)10-11-23-12-14-24(15-13-23)16-18-6-2-1-3-7-18/h1-9,17,21,25H,10-16H2. The highest BCUT2D eigenvalue weighted by Crippen LogP contribution is 2.31. The average Bonchev–Trinajstić information content (AvgIpc) is 3.12. The Morgan fingerprint density at radius 1 is 0.885 bits per heavy atom.